The van der Waals surface area contributed by atoms with E-state index in [9.17, 15) is 4.79 Å². The molecule has 1 aliphatic rings. The average molecular weight is 427 g/mol. The molecule has 32 heavy (non-hydrogen) atoms. The van der Waals surface area contributed by atoms with Crippen LogP contribution in [0.2, 0.25) is 0 Å². The summed E-state index contributed by atoms with van der Waals surface area (Å²) in [5.41, 5.74) is 3.21. The van der Waals surface area contributed by atoms with Gasteiger partial charge in [-0.3, -0.25) is 14.5 Å². The van der Waals surface area contributed by atoms with E-state index in [0.29, 0.717) is 11.6 Å². The number of anilines is 1. The number of aryl methyl sites for hydroxylation is 1. The molecule has 0 aliphatic heterocycles. The van der Waals surface area contributed by atoms with Crippen molar-refractivity contribution in [1.82, 2.24) is 25.0 Å². The van der Waals surface area contributed by atoms with Gasteiger partial charge in [-0.05, 0) is 42.5 Å². The zero-order chi connectivity index (χ0) is 21.9. The van der Waals surface area contributed by atoms with E-state index in [1.807, 2.05) is 43.7 Å². The smallest absolute Gasteiger partial charge is 0.169 e. The summed E-state index contributed by atoms with van der Waals surface area (Å²) < 4.78 is 1.68. The molecule has 7 nitrogen and oxygen atoms in total. The minimum absolute atomic E-state index is 0.0380. The van der Waals surface area contributed by atoms with Gasteiger partial charge in [0, 0.05) is 47.7 Å². The summed E-state index contributed by atoms with van der Waals surface area (Å²) in [7, 11) is 1.85. The summed E-state index contributed by atoms with van der Waals surface area (Å²) in [6.45, 7) is 0. The third-order valence-electron chi connectivity index (χ3n) is 6.06. The Hall–Kier alpha value is -3.61. The number of nitrogens with zero attached hydrogens (tertiary/aromatic N) is 5. The van der Waals surface area contributed by atoms with Crippen LogP contribution in [0.15, 0.2) is 55.0 Å². The molecular formula is C25H26N6O. The van der Waals surface area contributed by atoms with Gasteiger partial charge in [0.2, 0.25) is 0 Å². The van der Waals surface area contributed by atoms with Gasteiger partial charge < -0.3 is 5.32 Å². The second kappa shape index (κ2) is 8.86. The van der Waals surface area contributed by atoms with E-state index in [1.165, 1.54) is 19.3 Å². The highest BCUT2D eigenvalue weighted by Gasteiger charge is 2.15. The Morgan fingerprint density at radius 1 is 1.06 bits per heavy atom. The highest BCUT2D eigenvalue weighted by Crippen LogP contribution is 2.24. The first-order chi connectivity index (χ1) is 15.6. The normalized spacial score (nSPS) is 14.5. The zero-order valence-corrected chi connectivity index (χ0v) is 18.2. The number of pyridine rings is 2. The van der Waals surface area contributed by atoms with E-state index in [2.05, 4.69) is 31.7 Å². The molecule has 162 valence electrons. The Labute approximate surface area is 186 Å². The molecule has 3 aromatic heterocycles. The maximum Gasteiger partial charge on any atom is 0.169 e. The number of nitrogens with one attached hydrogen (secondary N) is 1. The molecule has 0 amide bonds. The van der Waals surface area contributed by atoms with Crippen LogP contribution in [0.1, 0.15) is 48.2 Å². The predicted octanol–water partition coefficient (Wildman–Crippen LogP) is 4.60. The van der Waals surface area contributed by atoms with Crippen LogP contribution in [0.5, 0.6) is 0 Å². The highest BCUT2D eigenvalue weighted by molar-refractivity contribution is 5.98. The van der Waals surface area contributed by atoms with Crippen molar-refractivity contribution >= 4 is 22.4 Å². The molecule has 0 radical (unpaired) electrons. The summed E-state index contributed by atoms with van der Waals surface area (Å²) in [5, 5.41) is 13.7. The number of fused-ring (bicyclic) bond motifs is 1. The molecule has 0 unspecified atom stereocenters. The summed E-state index contributed by atoms with van der Waals surface area (Å²) in [4.78, 5) is 21.9. The van der Waals surface area contributed by atoms with Gasteiger partial charge in [-0.25, -0.2) is 4.98 Å². The topological polar surface area (TPSA) is 85.6 Å². The van der Waals surface area contributed by atoms with Crippen LogP contribution in [0.4, 0.5) is 5.82 Å². The van der Waals surface area contributed by atoms with Crippen molar-refractivity contribution in [3.63, 3.8) is 0 Å². The van der Waals surface area contributed by atoms with Crippen LogP contribution >= 0.6 is 0 Å². The van der Waals surface area contributed by atoms with Gasteiger partial charge in [-0.2, -0.15) is 0 Å². The van der Waals surface area contributed by atoms with Gasteiger partial charge in [0.1, 0.15) is 11.5 Å². The van der Waals surface area contributed by atoms with Crippen LogP contribution in [0.25, 0.3) is 22.0 Å². The summed E-state index contributed by atoms with van der Waals surface area (Å²) >= 11 is 0. The molecule has 0 saturated heterocycles. The number of aromatic nitrogens is 5. The quantitative estimate of drug-likeness (QED) is 0.454. The van der Waals surface area contributed by atoms with Gasteiger partial charge in [-0.15, -0.1) is 5.10 Å². The first-order valence-electron chi connectivity index (χ1n) is 11.2. The summed E-state index contributed by atoms with van der Waals surface area (Å²) in [5.74, 6) is 0.818. The Kier molecular flexibility index (Phi) is 5.62. The van der Waals surface area contributed by atoms with Crippen molar-refractivity contribution in [3.8, 4) is 11.3 Å². The average Bonchev–Trinajstić information content (AvgIpc) is 3.26. The van der Waals surface area contributed by atoms with Crippen molar-refractivity contribution in [2.24, 2.45) is 7.05 Å². The van der Waals surface area contributed by atoms with Crippen molar-refractivity contribution in [3.05, 3.63) is 66.2 Å². The standard InChI is InChI=1S/C25H26N6O/c1-31-16-23(29-30-31)17-7-8-19-15-27-22(12-20(19)11-17)14-24(32)18-9-10-26-25(13-18)28-21-5-3-2-4-6-21/h7-13,15-16,21H,2-6,14H2,1H3,(H,26,28). The molecule has 0 bridgehead atoms. The van der Waals surface area contributed by atoms with E-state index in [4.69, 9.17) is 0 Å². The van der Waals surface area contributed by atoms with Gasteiger partial charge in [-0.1, -0.05) is 36.6 Å². The molecule has 1 fully saturated rings. The van der Waals surface area contributed by atoms with E-state index < -0.39 is 0 Å². The van der Waals surface area contributed by atoms with Gasteiger partial charge in [0.25, 0.3) is 0 Å². The molecule has 1 saturated carbocycles. The van der Waals surface area contributed by atoms with E-state index in [0.717, 1.165) is 46.4 Å². The van der Waals surface area contributed by atoms with Gasteiger partial charge in [0.15, 0.2) is 5.78 Å². The van der Waals surface area contributed by atoms with Crippen molar-refractivity contribution < 1.29 is 4.79 Å². The lowest BCUT2D eigenvalue weighted by Gasteiger charge is -2.23. The first kappa shape index (κ1) is 20.3. The number of ketones is 1. The van der Waals surface area contributed by atoms with Crippen LogP contribution in [0, 0.1) is 0 Å². The molecule has 0 atom stereocenters. The highest BCUT2D eigenvalue weighted by atomic mass is 16.1. The molecule has 0 spiro atoms. The maximum absolute atomic E-state index is 13.0. The minimum atomic E-state index is 0.0380. The third-order valence-corrected chi connectivity index (χ3v) is 6.06. The number of hydrogen-bond acceptors (Lipinski definition) is 6. The maximum atomic E-state index is 13.0. The largest absolute Gasteiger partial charge is 0.367 e. The van der Waals surface area contributed by atoms with Crippen molar-refractivity contribution in [2.45, 2.75) is 44.6 Å². The molecule has 5 rings (SSSR count). The Morgan fingerprint density at radius 3 is 2.75 bits per heavy atom. The number of Topliss-reactive ketones (excluding diaryl/α,β-unsaturated/α-hetero) is 1. The molecule has 4 aromatic rings. The lowest BCUT2D eigenvalue weighted by Crippen LogP contribution is -2.23. The second-order valence-corrected chi connectivity index (χ2v) is 8.52. The van der Waals surface area contributed by atoms with Crippen molar-refractivity contribution in [1.29, 1.82) is 0 Å². The lowest BCUT2D eigenvalue weighted by molar-refractivity contribution is 0.0992. The minimum Gasteiger partial charge on any atom is -0.367 e. The number of benzene rings is 1. The fourth-order valence-corrected chi connectivity index (χ4v) is 4.33. The van der Waals surface area contributed by atoms with Crippen LogP contribution in [-0.4, -0.2) is 36.8 Å². The van der Waals surface area contributed by atoms with Gasteiger partial charge >= 0.3 is 0 Å². The molecule has 1 aromatic carbocycles. The van der Waals surface area contributed by atoms with E-state index in [-0.39, 0.29) is 12.2 Å². The van der Waals surface area contributed by atoms with E-state index in [1.54, 1.807) is 16.9 Å². The molecule has 1 N–H and O–H groups in total. The summed E-state index contributed by atoms with van der Waals surface area (Å²) in [6.07, 6.45) is 11.8. The third kappa shape index (κ3) is 4.51. The Balaban J connectivity index is 1.33. The van der Waals surface area contributed by atoms with E-state index >= 15 is 0 Å². The number of carbonyl (C=O) groups excluding carboxylic acids is 1. The van der Waals surface area contributed by atoms with Crippen LogP contribution in [-0.2, 0) is 13.5 Å². The predicted molar refractivity (Wildman–Crippen MR) is 125 cm³/mol. The Bertz CT molecular complexity index is 1260. The lowest BCUT2D eigenvalue weighted by atomic mass is 9.95. The zero-order valence-electron chi connectivity index (χ0n) is 18.2. The molecule has 3 heterocycles. The SMILES string of the molecule is Cn1cc(-c2ccc3cnc(CC(=O)c4ccnc(NC5CCCCC5)c4)cc3c2)nn1. The molecule has 1 aliphatic carbocycles. The number of hydrogen-bond donors (Lipinski definition) is 1. The fourth-order valence-electron chi connectivity index (χ4n) is 4.33. The first-order valence-corrected chi connectivity index (χ1v) is 11.2. The van der Waals surface area contributed by atoms with Gasteiger partial charge in [0.05, 0.1) is 12.6 Å². The summed E-state index contributed by atoms with van der Waals surface area (Å²) in [6, 6.07) is 12.2. The molecule has 7 heteroatoms. The molecular weight excluding hydrogens is 400 g/mol. The Morgan fingerprint density at radius 2 is 1.94 bits per heavy atom. The van der Waals surface area contributed by atoms with Crippen molar-refractivity contribution in [2.75, 3.05) is 5.32 Å². The number of carbonyl (C=O) groups is 1. The monoisotopic (exact) mass is 426 g/mol. The van der Waals surface area contributed by atoms with Crippen LogP contribution in [0.3, 0.4) is 0 Å². The second-order valence-electron chi connectivity index (χ2n) is 8.52. The fraction of sp³-hybridized carbons (Fsp3) is 0.320. The number of rotatable bonds is 6. The van der Waals surface area contributed by atoms with Crippen LogP contribution < -0.4 is 5.32 Å².